The summed E-state index contributed by atoms with van der Waals surface area (Å²) in [6, 6.07) is 19.2. The van der Waals surface area contributed by atoms with Crippen molar-refractivity contribution in [2.75, 3.05) is 23.9 Å². The number of benzene rings is 2. The average Bonchev–Trinajstić information content (AvgIpc) is 3.03. The highest BCUT2D eigenvalue weighted by molar-refractivity contribution is 5.70. The third-order valence-electron chi connectivity index (χ3n) is 5.13. The average molecular weight is 374 g/mol. The van der Waals surface area contributed by atoms with Crippen LogP contribution in [0.1, 0.15) is 23.9 Å². The summed E-state index contributed by atoms with van der Waals surface area (Å²) < 4.78 is 5.30. The Kier molecular flexibility index (Phi) is 5.15. The van der Waals surface area contributed by atoms with E-state index in [1.807, 2.05) is 19.1 Å². The maximum absolute atomic E-state index is 5.30. The van der Waals surface area contributed by atoms with Crippen LogP contribution in [0.2, 0.25) is 0 Å². The van der Waals surface area contributed by atoms with Crippen LogP contribution in [0.25, 0.3) is 0 Å². The Morgan fingerprint density at radius 2 is 1.96 bits per heavy atom. The van der Waals surface area contributed by atoms with E-state index in [-0.39, 0.29) is 0 Å². The van der Waals surface area contributed by atoms with E-state index < -0.39 is 0 Å². The second-order valence-corrected chi connectivity index (χ2v) is 7.24. The van der Waals surface area contributed by atoms with Gasteiger partial charge in [-0.3, -0.25) is 0 Å². The SMILES string of the molecule is COc1cccc(CCNc2cc(N3c4ccccc4CC3C)nc(C)n2)c1. The lowest BCUT2D eigenvalue weighted by Gasteiger charge is -2.24. The van der Waals surface area contributed by atoms with Crippen molar-refractivity contribution in [3.63, 3.8) is 0 Å². The van der Waals surface area contributed by atoms with Gasteiger partial charge < -0.3 is 15.0 Å². The molecule has 144 valence electrons. The second kappa shape index (κ2) is 7.89. The molecule has 4 rings (SSSR count). The lowest BCUT2D eigenvalue weighted by Crippen LogP contribution is -2.25. The second-order valence-electron chi connectivity index (χ2n) is 7.24. The lowest BCUT2D eigenvalue weighted by atomic mass is 10.1. The predicted molar refractivity (Wildman–Crippen MR) is 114 cm³/mol. The van der Waals surface area contributed by atoms with Gasteiger partial charge in [-0.05, 0) is 56.0 Å². The molecule has 5 heteroatoms. The largest absolute Gasteiger partial charge is 0.497 e. The van der Waals surface area contributed by atoms with E-state index in [4.69, 9.17) is 9.72 Å². The molecule has 1 aliphatic heterocycles. The fourth-order valence-corrected chi connectivity index (χ4v) is 3.84. The van der Waals surface area contributed by atoms with Crippen molar-refractivity contribution in [1.29, 1.82) is 0 Å². The Hall–Kier alpha value is -3.08. The van der Waals surface area contributed by atoms with Crippen LogP contribution in [0.4, 0.5) is 17.3 Å². The Labute approximate surface area is 166 Å². The number of nitrogens with one attached hydrogen (secondary N) is 1. The van der Waals surface area contributed by atoms with Gasteiger partial charge in [-0.25, -0.2) is 9.97 Å². The molecule has 0 radical (unpaired) electrons. The van der Waals surface area contributed by atoms with Crippen molar-refractivity contribution in [1.82, 2.24) is 9.97 Å². The number of methoxy groups -OCH3 is 1. The number of anilines is 3. The fraction of sp³-hybridized carbons (Fsp3) is 0.304. The molecule has 0 saturated carbocycles. The van der Waals surface area contributed by atoms with Crippen LogP contribution in [0, 0.1) is 6.92 Å². The van der Waals surface area contributed by atoms with Crippen molar-refractivity contribution in [3.8, 4) is 5.75 Å². The lowest BCUT2D eigenvalue weighted by molar-refractivity contribution is 0.414. The van der Waals surface area contributed by atoms with Crippen LogP contribution < -0.4 is 15.0 Å². The molecule has 0 bridgehead atoms. The summed E-state index contributed by atoms with van der Waals surface area (Å²) in [6.07, 6.45) is 1.94. The van der Waals surface area contributed by atoms with Gasteiger partial charge in [-0.1, -0.05) is 30.3 Å². The highest BCUT2D eigenvalue weighted by atomic mass is 16.5. The Balaban J connectivity index is 1.50. The molecule has 28 heavy (non-hydrogen) atoms. The van der Waals surface area contributed by atoms with Crippen LogP contribution in [0.3, 0.4) is 0 Å². The normalized spacial score (nSPS) is 15.4. The summed E-state index contributed by atoms with van der Waals surface area (Å²) in [5.74, 6) is 3.48. The molecule has 0 fully saturated rings. The molecule has 2 aromatic carbocycles. The minimum atomic E-state index is 0.385. The predicted octanol–water partition coefficient (Wildman–Crippen LogP) is 4.53. The maximum atomic E-state index is 5.30. The third-order valence-corrected chi connectivity index (χ3v) is 5.13. The monoisotopic (exact) mass is 374 g/mol. The number of ether oxygens (including phenoxy) is 1. The first kappa shape index (κ1) is 18.3. The quantitative estimate of drug-likeness (QED) is 0.687. The molecule has 1 N–H and O–H groups in total. The molecule has 1 atom stereocenters. The van der Waals surface area contributed by atoms with Crippen LogP contribution in [0.15, 0.2) is 54.6 Å². The van der Waals surface area contributed by atoms with Gasteiger partial charge in [0.15, 0.2) is 0 Å². The van der Waals surface area contributed by atoms with Crippen LogP contribution in [0.5, 0.6) is 5.75 Å². The van der Waals surface area contributed by atoms with E-state index in [9.17, 15) is 0 Å². The number of aromatic nitrogens is 2. The molecule has 0 saturated heterocycles. The van der Waals surface area contributed by atoms with Gasteiger partial charge in [0.2, 0.25) is 0 Å². The van der Waals surface area contributed by atoms with Crippen LogP contribution in [-0.2, 0) is 12.8 Å². The van der Waals surface area contributed by atoms with E-state index in [0.29, 0.717) is 6.04 Å². The molecule has 1 aromatic heterocycles. The first-order chi connectivity index (χ1) is 13.6. The van der Waals surface area contributed by atoms with E-state index in [1.54, 1.807) is 7.11 Å². The smallest absolute Gasteiger partial charge is 0.139 e. The topological polar surface area (TPSA) is 50.3 Å². The molecular weight excluding hydrogens is 348 g/mol. The number of nitrogens with zero attached hydrogens (tertiary/aromatic N) is 3. The molecule has 5 nitrogen and oxygen atoms in total. The molecule has 0 amide bonds. The van der Waals surface area contributed by atoms with Gasteiger partial charge >= 0.3 is 0 Å². The third kappa shape index (κ3) is 3.79. The minimum Gasteiger partial charge on any atom is -0.497 e. The number of hydrogen-bond donors (Lipinski definition) is 1. The number of fused-ring (bicyclic) bond motifs is 1. The molecular formula is C23H26N4O. The highest BCUT2D eigenvalue weighted by Gasteiger charge is 2.28. The van der Waals surface area contributed by atoms with E-state index in [0.717, 1.165) is 42.6 Å². The Bertz CT molecular complexity index is 972. The van der Waals surface area contributed by atoms with Crippen LogP contribution >= 0.6 is 0 Å². The summed E-state index contributed by atoms with van der Waals surface area (Å²) in [4.78, 5) is 11.6. The first-order valence-corrected chi connectivity index (χ1v) is 9.73. The summed E-state index contributed by atoms with van der Waals surface area (Å²) in [6.45, 7) is 4.99. The zero-order valence-corrected chi connectivity index (χ0v) is 16.6. The summed E-state index contributed by atoms with van der Waals surface area (Å²) >= 11 is 0. The fourth-order valence-electron chi connectivity index (χ4n) is 3.84. The zero-order chi connectivity index (χ0) is 19.5. The number of para-hydroxylation sites is 1. The van der Waals surface area contributed by atoms with E-state index >= 15 is 0 Å². The first-order valence-electron chi connectivity index (χ1n) is 9.73. The van der Waals surface area contributed by atoms with Gasteiger partial charge in [-0.15, -0.1) is 0 Å². The molecule has 0 aliphatic carbocycles. The summed E-state index contributed by atoms with van der Waals surface area (Å²) in [5.41, 5.74) is 3.86. The van der Waals surface area contributed by atoms with Gasteiger partial charge in [0.1, 0.15) is 23.2 Å². The van der Waals surface area contributed by atoms with Crippen molar-refractivity contribution in [2.24, 2.45) is 0 Å². The van der Waals surface area contributed by atoms with Crippen molar-refractivity contribution in [3.05, 3.63) is 71.5 Å². The highest BCUT2D eigenvalue weighted by Crippen LogP contribution is 2.37. The van der Waals surface area contributed by atoms with E-state index in [1.165, 1.54) is 16.8 Å². The number of aryl methyl sites for hydroxylation is 1. The van der Waals surface area contributed by atoms with Crippen molar-refractivity contribution in [2.45, 2.75) is 32.7 Å². The van der Waals surface area contributed by atoms with Gasteiger partial charge in [-0.2, -0.15) is 0 Å². The maximum Gasteiger partial charge on any atom is 0.139 e. The Morgan fingerprint density at radius 3 is 2.82 bits per heavy atom. The van der Waals surface area contributed by atoms with E-state index in [2.05, 4.69) is 64.6 Å². The van der Waals surface area contributed by atoms with Gasteiger partial charge in [0.25, 0.3) is 0 Å². The van der Waals surface area contributed by atoms with Crippen molar-refractivity contribution < 1.29 is 4.74 Å². The number of rotatable bonds is 6. The molecule has 1 aliphatic rings. The molecule has 0 spiro atoms. The molecule has 3 aromatic rings. The molecule has 1 unspecified atom stereocenters. The van der Waals surface area contributed by atoms with Gasteiger partial charge in [0.05, 0.1) is 7.11 Å². The Morgan fingerprint density at radius 1 is 1.11 bits per heavy atom. The summed E-state index contributed by atoms with van der Waals surface area (Å²) in [5, 5.41) is 3.46. The zero-order valence-electron chi connectivity index (χ0n) is 16.6. The van der Waals surface area contributed by atoms with Crippen molar-refractivity contribution >= 4 is 17.3 Å². The van der Waals surface area contributed by atoms with Crippen LogP contribution in [-0.4, -0.2) is 29.7 Å². The minimum absolute atomic E-state index is 0.385. The standard InChI is InChI=1S/C23H26N4O/c1-16-13-19-8-4-5-10-21(19)27(16)23-15-22(25-17(2)26-23)24-12-11-18-7-6-9-20(14-18)28-3/h4-10,14-16H,11-13H2,1-3H3,(H,24,25,26). The summed E-state index contributed by atoms with van der Waals surface area (Å²) in [7, 11) is 1.69. The molecule has 2 heterocycles. The van der Waals surface area contributed by atoms with Gasteiger partial charge in [0, 0.05) is 24.3 Å². The number of hydrogen-bond acceptors (Lipinski definition) is 5.